The van der Waals surface area contributed by atoms with Crippen molar-refractivity contribution in [1.82, 2.24) is 5.32 Å². The molecule has 0 heterocycles. The number of carbonyl (C=O) groups excluding carboxylic acids is 1. The third kappa shape index (κ3) is 3.20. The second kappa shape index (κ2) is 5.82. The van der Waals surface area contributed by atoms with Crippen LogP contribution >= 0.6 is 0 Å². The van der Waals surface area contributed by atoms with E-state index in [0.29, 0.717) is 16.8 Å². The summed E-state index contributed by atoms with van der Waals surface area (Å²) >= 11 is 0. The largest absolute Gasteiger partial charge is 0.389 e. The number of nitrogens with one attached hydrogen (secondary N) is 1. The maximum Gasteiger partial charge on any atom is 0.239 e. The molecule has 100 valence electrons. The highest BCUT2D eigenvalue weighted by molar-refractivity contribution is 5.81. The fraction of sp³-hybridized carbons (Fsp3) is 0.462. The van der Waals surface area contributed by atoms with Crippen molar-refractivity contribution in [1.29, 1.82) is 0 Å². The van der Waals surface area contributed by atoms with Gasteiger partial charge in [0, 0.05) is 25.3 Å². The Morgan fingerprint density at radius 3 is 2.67 bits per heavy atom. The smallest absolute Gasteiger partial charge is 0.239 e. The van der Waals surface area contributed by atoms with Gasteiger partial charge in [0.2, 0.25) is 5.91 Å². The highest BCUT2D eigenvalue weighted by atomic mass is 19.1. The highest BCUT2D eigenvalue weighted by Crippen LogP contribution is 2.28. The summed E-state index contributed by atoms with van der Waals surface area (Å²) < 4.78 is 13.5. The minimum atomic E-state index is -0.790. The Balaban J connectivity index is 3.13. The predicted molar refractivity (Wildman–Crippen MR) is 69.1 cm³/mol. The summed E-state index contributed by atoms with van der Waals surface area (Å²) in [5, 5.41) is 12.2. The lowest BCUT2D eigenvalue weighted by Crippen LogP contribution is -2.33. The molecule has 0 fully saturated rings. The molecule has 1 atom stereocenters. The van der Waals surface area contributed by atoms with E-state index in [-0.39, 0.29) is 18.3 Å². The van der Waals surface area contributed by atoms with E-state index in [1.165, 1.54) is 6.07 Å². The third-order valence-electron chi connectivity index (χ3n) is 2.83. The first kappa shape index (κ1) is 14.4. The number of hydrogen-bond donors (Lipinski definition) is 2. The van der Waals surface area contributed by atoms with Crippen molar-refractivity contribution in [2.24, 2.45) is 0 Å². The van der Waals surface area contributed by atoms with Gasteiger partial charge < -0.3 is 15.3 Å². The average molecular weight is 254 g/mol. The number of aliphatic hydroxyl groups is 1. The van der Waals surface area contributed by atoms with Crippen molar-refractivity contribution in [3.63, 3.8) is 0 Å². The summed E-state index contributed by atoms with van der Waals surface area (Å²) in [7, 11) is 3.29. The average Bonchev–Trinajstić information content (AvgIpc) is 2.31. The van der Waals surface area contributed by atoms with Crippen LogP contribution in [-0.2, 0) is 4.79 Å². The normalized spacial score (nSPS) is 12.1. The SMILES string of the molecule is CNC(=O)CN(C)c1cc(C)c(F)cc1[C@@H](C)O. The molecule has 0 aromatic heterocycles. The van der Waals surface area contributed by atoms with Crippen molar-refractivity contribution in [2.45, 2.75) is 20.0 Å². The van der Waals surface area contributed by atoms with Crippen LogP contribution in [0.25, 0.3) is 0 Å². The number of hydrogen-bond acceptors (Lipinski definition) is 3. The van der Waals surface area contributed by atoms with E-state index in [2.05, 4.69) is 5.32 Å². The molecule has 18 heavy (non-hydrogen) atoms. The lowest BCUT2D eigenvalue weighted by atomic mass is 10.0. The van der Waals surface area contributed by atoms with Crippen molar-refractivity contribution in [3.05, 3.63) is 29.1 Å². The van der Waals surface area contributed by atoms with Gasteiger partial charge in [-0.1, -0.05) is 0 Å². The molecule has 0 saturated carbocycles. The summed E-state index contributed by atoms with van der Waals surface area (Å²) in [6.45, 7) is 3.38. The zero-order valence-electron chi connectivity index (χ0n) is 11.1. The molecule has 0 spiro atoms. The zero-order chi connectivity index (χ0) is 13.9. The summed E-state index contributed by atoms with van der Waals surface area (Å²) in [6.07, 6.45) is -0.790. The molecule has 0 aliphatic carbocycles. The molecular formula is C13H19FN2O2. The monoisotopic (exact) mass is 254 g/mol. The summed E-state index contributed by atoms with van der Waals surface area (Å²) in [6, 6.07) is 2.95. The molecule has 4 nitrogen and oxygen atoms in total. The molecule has 0 unspecified atom stereocenters. The molecule has 5 heteroatoms. The van der Waals surface area contributed by atoms with Crippen LogP contribution in [0.4, 0.5) is 10.1 Å². The standard InChI is InChI=1S/C13H19FN2O2/c1-8-5-12(16(4)7-13(18)15-3)10(9(2)17)6-11(8)14/h5-6,9,17H,7H2,1-4H3,(H,15,18)/t9-/m1/s1. The fourth-order valence-corrected chi connectivity index (χ4v) is 1.73. The van der Waals surface area contributed by atoms with Gasteiger partial charge >= 0.3 is 0 Å². The minimum Gasteiger partial charge on any atom is -0.389 e. The number of nitrogens with zero attached hydrogens (tertiary/aromatic N) is 1. The van der Waals surface area contributed by atoms with Gasteiger partial charge in [-0.25, -0.2) is 4.39 Å². The number of anilines is 1. The Morgan fingerprint density at radius 2 is 2.17 bits per heavy atom. The molecule has 0 aliphatic rings. The van der Waals surface area contributed by atoms with Gasteiger partial charge in [-0.05, 0) is 31.5 Å². The molecule has 0 saturated heterocycles. The Hall–Kier alpha value is -1.62. The molecule has 1 aromatic rings. The first-order valence-electron chi connectivity index (χ1n) is 5.76. The van der Waals surface area contributed by atoms with E-state index in [9.17, 15) is 14.3 Å². The number of halogens is 1. The van der Waals surface area contributed by atoms with Crippen LogP contribution in [-0.4, -0.2) is 31.7 Å². The number of aryl methyl sites for hydroxylation is 1. The van der Waals surface area contributed by atoms with E-state index < -0.39 is 6.10 Å². The van der Waals surface area contributed by atoms with Crippen LogP contribution in [0.15, 0.2) is 12.1 Å². The molecule has 0 aliphatic heterocycles. The second-order valence-corrected chi connectivity index (χ2v) is 4.37. The topological polar surface area (TPSA) is 52.6 Å². The molecule has 0 bridgehead atoms. The van der Waals surface area contributed by atoms with E-state index >= 15 is 0 Å². The molecule has 1 aromatic carbocycles. The van der Waals surface area contributed by atoms with Crippen molar-refractivity contribution in [2.75, 3.05) is 25.5 Å². The van der Waals surface area contributed by atoms with Gasteiger partial charge in [-0.3, -0.25) is 4.79 Å². The van der Waals surface area contributed by atoms with Gasteiger partial charge in [-0.2, -0.15) is 0 Å². The van der Waals surface area contributed by atoms with Gasteiger partial charge in [-0.15, -0.1) is 0 Å². The number of likely N-dealkylation sites (N-methyl/N-ethyl adjacent to an activating group) is 2. The molecule has 2 N–H and O–H groups in total. The van der Waals surface area contributed by atoms with Crippen LogP contribution in [0.3, 0.4) is 0 Å². The first-order valence-corrected chi connectivity index (χ1v) is 5.76. The van der Waals surface area contributed by atoms with Crippen molar-refractivity contribution >= 4 is 11.6 Å². The third-order valence-corrected chi connectivity index (χ3v) is 2.83. The van der Waals surface area contributed by atoms with Gasteiger partial charge in [0.05, 0.1) is 12.6 Å². The van der Waals surface area contributed by atoms with Crippen molar-refractivity contribution < 1.29 is 14.3 Å². The summed E-state index contributed by atoms with van der Waals surface area (Å²) in [4.78, 5) is 13.0. The maximum atomic E-state index is 13.5. The Bertz CT molecular complexity index is 447. The van der Waals surface area contributed by atoms with Crippen molar-refractivity contribution in [3.8, 4) is 0 Å². The van der Waals surface area contributed by atoms with E-state index in [1.807, 2.05) is 0 Å². The summed E-state index contributed by atoms with van der Waals surface area (Å²) in [5.74, 6) is -0.501. The van der Waals surface area contributed by atoms with E-state index in [0.717, 1.165) is 0 Å². The lowest BCUT2D eigenvalue weighted by Gasteiger charge is -2.23. The fourth-order valence-electron chi connectivity index (χ4n) is 1.73. The van der Waals surface area contributed by atoms with Crippen LogP contribution in [0.5, 0.6) is 0 Å². The van der Waals surface area contributed by atoms with Crippen LogP contribution in [0.2, 0.25) is 0 Å². The Morgan fingerprint density at radius 1 is 1.56 bits per heavy atom. The number of benzene rings is 1. The van der Waals surface area contributed by atoms with Gasteiger partial charge in [0.25, 0.3) is 0 Å². The number of rotatable bonds is 4. The number of aliphatic hydroxyl groups excluding tert-OH is 1. The van der Waals surface area contributed by atoms with Crippen LogP contribution < -0.4 is 10.2 Å². The van der Waals surface area contributed by atoms with E-state index in [1.54, 1.807) is 38.9 Å². The second-order valence-electron chi connectivity index (χ2n) is 4.37. The molecule has 1 amide bonds. The maximum absolute atomic E-state index is 13.5. The lowest BCUT2D eigenvalue weighted by molar-refractivity contribution is -0.119. The summed E-state index contributed by atoms with van der Waals surface area (Å²) in [5.41, 5.74) is 1.62. The Kier molecular flexibility index (Phi) is 4.67. The quantitative estimate of drug-likeness (QED) is 0.853. The Labute approximate surface area is 106 Å². The first-order chi connectivity index (χ1) is 8.36. The number of carbonyl (C=O) groups is 1. The molecule has 1 rings (SSSR count). The van der Waals surface area contributed by atoms with Crippen LogP contribution in [0, 0.1) is 12.7 Å². The van der Waals surface area contributed by atoms with Crippen LogP contribution in [0.1, 0.15) is 24.2 Å². The minimum absolute atomic E-state index is 0.143. The van der Waals surface area contributed by atoms with Gasteiger partial charge in [0.15, 0.2) is 0 Å². The number of amides is 1. The molecule has 0 radical (unpaired) electrons. The molecular weight excluding hydrogens is 235 g/mol. The van der Waals surface area contributed by atoms with Gasteiger partial charge in [0.1, 0.15) is 5.82 Å². The van der Waals surface area contributed by atoms with E-state index in [4.69, 9.17) is 0 Å². The highest BCUT2D eigenvalue weighted by Gasteiger charge is 2.16. The zero-order valence-corrected chi connectivity index (χ0v) is 11.1. The predicted octanol–water partition coefficient (Wildman–Crippen LogP) is 1.37.